The van der Waals surface area contributed by atoms with Crippen molar-refractivity contribution in [3.8, 4) is 0 Å². The second-order valence-electron chi connectivity index (χ2n) is 3.58. The van der Waals surface area contributed by atoms with E-state index in [-0.39, 0.29) is 11.9 Å². The van der Waals surface area contributed by atoms with Crippen LogP contribution in [0.5, 0.6) is 0 Å². The maximum atomic E-state index is 11.5. The average molecular weight is 212 g/mol. The predicted molar refractivity (Wildman–Crippen MR) is 53.8 cm³/mol. The zero-order valence-electron chi connectivity index (χ0n) is 9.06. The van der Waals surface area contributed by atoms with Crippen LogP contribution in [0.1, 0.15) is 33.1 Å². The van der Waals surface area contributed by atoms with Gasteiger partial charge in [0.05, 0.1) is 5.92 Å². The standard InChI is InChI=1S/C11H16O4/c1-8(12)14-9(2)15-11(13)10-6-4-3-5-7-10/h4,6,9-10H,3,5,7H2,1-2H3. The van der Waals surface area contributed by atoms with Crippen molar-refractivity contribution in [2.45, 2.75) is 39.4 Å². The molecule has 1 rings (SSSR count). The number of rotatable bonds is 3. The second-order valence-corrected chi connectivity index (χ2v) is 3.58. The van der Waals surface area contributed by atoms with Crippen molar-refractivity contribution in [2.24, 2.45) is 5.92 Å². The molecule has 4 nitrogen and oxygen atoms in total. The number of carbonyl (C=O) groups excluding carboxylic acids is 2. The van der Waals surface area contributed by atoms with Crippen molar-refractivity contribution >= 4 is 11.9 Å². The molecule has 0 saturated carbocycles. The lowest BCUT2D eigenvalue weighted by Crippen LogP contribution is -2.25. The van der Waals surface area contributed by atoms with Crippen LogP contribution >= 0.6 is 0 Å². The van der Waals surface area contributed by atoms with Gasteiger partial charge in [0.15, 0.2) is 0 Å². The molecule has 1 aliphatic carbocycles. The van der Waals surface area contributed by atoms with Crippen LogP contribution in [-0.2, 0) is 19.1 Å². The molecule has 15 heavy (non-hydrogen) atoms. The van der Waals surface area contributed by atoms with Crippen LogP contribution in [0.2, 0.25) is 0 Å². The maximum Gasteiger partial charge on any atom is 0.315 e. The van der Waals surface area contributed by atoms with Gasteiger partial charge in [0.1, 0.15) is 0 Å². The van der Waals surface area contributed by atoms with Crippen molar-refractivity contribution in [1.82, 2.24) is 0 Å². The minimum atomic E-state index is -0.801. The summed E-state index contributed by atoms with van der Waals surface area (Å²) in [7, 11) is 0. The molecule has 0 spiro atoms. The van der Waals surface area contributed by atoms with Gasteiger partial charge in [0.25, 0.3) is 0 Å². The fourth-order valence-electron chi connectivity index (χ4n) is 1.52. The number of allylic oxidation sites excluding steroid dienone is 1. The molecular formula is C11H16O4. The third-order valence-corrected chi connectivity index (χ3v) is 2.17. The summed E-state index contributed by atoms with van der Waals surface area (Å²) in [6.45, 7) is 2.82. The molecule has 0 bridgehead atoms. The van der Waals surface area contributed by atoms with Gasteiger partial charge in [-0.25, -0.2) is 0 Å². The number of hydrogen-bond acceptors (Lipinski definition) is 4. The zero-order chi connectivity index (χ0) is 11.3. The number of hydrogen-bond donors (Lipinski definition) is 0. The highest BCUT2D eigenvalue weighted by Gasteiger charge is 2.21. The minimum absolute atomic E-state index is 0.184. The Morgan fingerprint density at radius 1 is 1.40 bits per heavy atom. The van der Waals surface area contributed by atoms with E-state index >= 15 is 0 Å². The van der Waals surface area contributed by atoms with Crippen molar-refractivity contribution in [3.05, 3.63) is 12.2 Å². The van der Waals surface area contributed by atoms with Crippen molar-refractivity contribution in [3.63, 3.8) is 0 Å². The third-order valence-electron chi connectivity index (χ3n) is 2.17. The van der Waals surface area contributed by atoms with E-state index in [1.54, 1.807) is 0 Å². The fourth-order valence-corrected chi connectivity index (χ4v) is 1.52. The van der Waals surface area contributed by atoms with Crippen LogP contribution in [0.3, 0.4) is 0 Å². The van der Waals surface area contributed by atoms with Crippen molar-refractivity contribution in [1.29, 1.82) is 0 Å². The second kappa shape index (κ2) is 5.53. The molecule has 1 aliphatic rings. The molecule has 84 valence electrons. The van der Waals surface area contributed by atoms with Gasteiger partial charge >= 0.3 is 11.9 Å². The highest BCUT2D eigenvalue weighted by molar-refractivity contribution is 5.75. The molecule has 2 atom stereocenters. The lowest BCUT2D eigenvalue weighted by molar-refractivity contribution is -0.185. The Morgan fingerprint density at radius 3 is 2.67 bits per heavy atom. The molecule has 0 amide bonds. The molecule has 0 heterocycles. The topological polar surface area (TPSA) is 52.6 Å². The highest BCUT2D eigenvalue weighted by Crippen LogP contribution is 2.18. The van der Waals surface area contributed by atoms with E-state index in [0.717, 1.165) is 19.3 Å². The Kier molecular flexibility index (Phi) is 4.34. The lowest BCUT2D eigenvalue weighted by Gasteiger charge is -2.18. The van der Waals surface area contributed by atoms with E-state index in [1.165, 1.54) is 13.8 Å². The SMILES string of the molecule is CC(=O)OC(C)OC(=O)C1C=CCCC1. The maximum absolute atomic E-state index is 11.5. The summed E-state index contributed by atoms with van der Waals surface area (Å²) in [6.07, 6.45) is 5.85. The van der Waals surface area contributed by atoms with E-state index in [9.17, 15) is 9.59 Å². The Morgan fingerprint density at radius 2 is 2.13 bits per heavy atom. The first-order valence-corrected chi connectivity index (χ1v) is 5.14. The summed E-state index contributed by atoms with van der Waals surface area (Å²) >= 11 is 0. The van der Waals surface area contributed by atoms with E-state index in [4.69, 9.17) is 9.47 Å². The summed E-state index contributed by atoms with van der Waals surface area (Å²) in [5.41, 5.74) is 0. The van der Waals surface area contributed by atoms with Gasteiger partial charge < -0.3 is 9.47 Å². The quantitative estimate of drug-likeness (QED) is 0.406. The zero-order valence-corrected chi connectivity index (χ0v) is 9.06. The molecule has 0 radical (unpaired) electrons. The smallest absolute Gasteiger partial charge is 0.315 e. The van der Waals surface area contributed by atoms with Crippen LogP contribution in [-0.4, -0.2) is 18.2 Å². The molecule has 0 fully saturated rings. The van der Waals surface area contributed by atoms with Gasteiger partial charge in [-0.05, 0) is 19.3 Å². The van der Waals surface area contributed by atoms with Gasteiger partial charge in [0, 0.05) is 13.8 Å². The Bertz CT molecular complexity index is 270. The molecular weight excluding hydrogens is 196 g/mol. The molecule has 4 heteroatoms. The monoisotopic (exact) mass is 212 g/mol. The van der Waals surface area contributed by atoms with Crippen LogP contribution in [0.4, 0.5) is 0 Å². The fraction of sp³-hybridized carbons (Fsp3) is 0.636. The first-order chi connectivity index (χ1) is 7.09. The van der Waals surface area contributed by atoms with Gasteiger partial charge in [-0.2, -0.15) is 0 Å². The summed E-state index contributed by atoms with van der Waals surface area (Å²) < 4.78 is 9.67. The normalized spacial score (nSPS) is 21.9. The summed E-state index contributed by atoms with van der Waals surface area (Å²) in [5.74, 6) is -0.953. The van der Waals surface area contributed by atoms with Crippen LogP contribution in [0, 0.1) is 5.92 Å². The van der Waals surface area contributed by atoms with Gasteiger partial charge in [0.2, 0.25) is 6.29 Å². The molecule has 0 saturated heterocycles. The number of esters is 2. The van der Waals surface area contributed by atoms with Crippen LogP contribution in [0.25, 0.3) is 0 Å². The largest absolute Gasteiger partial charge is 0.426 e. The van der Waals surface area contributed by atoms with Crippen molar-refractivity contribution in [2.75, 3.05) is 0 Å². The van der Waals surface area contributed by atoms with Gasteiger partial charge in [-0.3, -0.25) is 9.59 Å². The molecule has 0 N–H and O–H groups in total. The lowest BCUT2D eigenvalue weighted by atomic mass is 9.96. The van der Waals surface area contributed by atoms with E-state index in [0.29, 0.717) is 0 Å². The Balaban J connectivity index is 2.37. The molecule has 0 aromatic rings. The number of ether oxygens (including phenoxy) is 2. The first-order valence-electron chi connectivity index (χ1n) is 5.14. The minimum Gasteiger partial charge on any atom is -0.426 e. The highest BCUT2D eigenvalue weighted by atomic mass is 16.7. The Hall–Kier alpha value is -1.32. The molecule has 2 unspecified atom stereocenters. The molecule has 0 aromatic carbocycles. The molecule has 0 aromatic heterocycles. The van der Waals surface area contributed by atoms with E-state index in [2.05, 4.69) is 0 Å². The average Bonchev–Trinajstić information content (AvgIpc) is 2.17. The van der Waals surface area contributed by atoms with E-state index in [1.807, 2.05) is 12.2 Å². The summed E-state index contributed by atoms with van der Waals surface area (Å²) in [6, 6.07) is 0. The molecule has 0 aliphatic heterocycles. The van der Waals surface area contributed by atoms with Gasteiger partial charge in [-0.15, -0.1) is 0 Å². The van der Waals surface area contributed by atoms with Crippen molar-refractivity contribution < 1.29 is 19.1 Å². The number of carbonyl (C=O) groups is 2. The summed E-state index contributed by atoms with van der Waals surface area (Å²) in [5, 5.41) is 0. The van der Waals surface area contributed by atoms with Gasteiger partial charge in [-0.1, -0.05) is 12.2 Å². The van der Waals surface area contributed by atoms with Crippen LogP contribution < -0.4 is 0 Å². The third kappa shape index (κ3) is 4.14. The van der Waals surface area contributed by atoms with E-state index < -0.39 is 12.3 Å². The summed E-state index contributed by atoms with van der Waals surface area (Å²) in [4.78, 5) is 22.1. The van der Waals surface area contributed by atoms with Crippen LogP contribution in [0.15, 0.2) is 12.2 Å². The Labute approximate surface area is 89.2 Å². The predicted octanol–water partition coefficient (Wildman–Crippen LogP) is 1.79. The first kappa shape index (κ1) is 11.8.